The Morgan fingerprint density at radius 2 is 2.04 bits per heavy atom. The van der Waals surface area contributed by atoms with Crippen molar-refractivity contribution in [3.05, 3.63) is 11.3 Å². The lowest BCUT2D eigenvalue weighted by molar-refractivity contribution is 0.117. The lowest BCUT2D eigenvalue weighted by Gasteiger charge is -2.40. The van der Waals surface area contributed by atoms with E-state index in [1.807, 2.05) is 0 Å². The fourth-order valence-corrected chi connectivity index (χ4v) is 4.25. The molecule has 0 saturated carbocycles. The maximum atomic E-state index is 5.59. The molecule has 0 aromatic carbocycles. The van der Waals surface area contributed by atoms with Crippen LogP contribution in [0.2, 0.25) is 0 Å². The van der Waals surface area contributed by atoms with Gasteiger partial charge in [-0.15, -0.1) is 0 Å². The largest absolute Gasteiger partial charge is 0.365 e. The van der Waals surface area contributed by atoms with Gasteiger partial charge in [-0.1, -0.05) is 41.5 Å². The van der Waals surface area contributed by atoms with Crippen LogP contribution in [0.5, 0.6) is 0 Å². The molecule has 0 N–H and O–H groups in total. The highest BCUT2D eigenvalue weighted by molar-refractivity contribution is 5.86. The lowest BCUT2D eigenvalue weighted by atomic mass is 9.77. The number of ether oxygens (including phenoxy) is 1. The van der Waals surface area contributed by atoms with Crippen LogP contribution in [0.3, 0.4) is 0 Å². The van der Waals surface area contributed by atoms with E-state index >= 15 is 0 Å². The third kappa shape index (κ3) is 3.08. The number of aliphatic imine (C=N–C) groups is 1. The van der Waals surface area contributed by atoms with Crippen LogP contribution in [0, 0.1) is 11.3 Å². The molecular formula is C19H33N3O. The second-order valence-electron chi connectivity index (χ2n) is 8.54. The summed E-state index contributed by atoms with van der Waals surface area (Å²) in [5.74, 6) is 1.83. The average Bonchev–Trinajstić information content (AvgIpc) is 3.12. The minimum Gasteiger partial charge on any atom is -0.365 e. The monoisotopic (exact) mass is 319 g/mol. The Kier molecular flexibility index (Phi) is 4.58. The molecule has 130 valence electrons. The maximum Gasteiger partial charge on any atom is 0.104 e. The van der Waals surface area contributed by atoms with E-state index < -0.39 is 0 Å². The third-order valence-corrected chi connectivity index (χ3v) is 5.42. The van der Waals surface area contributed by atoms with Crippen molar-refractivity contribution in [1.29, 1.82) is 0 Å². The first-order valence-corrected chi connectivity index (χ1v) is 9.21. The molecule has 0 bridgehead atoms. The first-order chi connectivity index (χ1) is 10.8. The molecule has 2 atom stereocenters. The highest BCUT2D eigenvalue weighted by atomic mass is 16.5. The summed E-state index contributed by atoms with van der Waals surface area (Å²) in [7, 11) is 0. The minimum absolute atomic E-state index is 0.175. The van der Waals surface area contributed by atoms with Crippen LogP contribution >= 0.6 is 0 Å². The van der Waals surface area contributed by atoms with Crippen molar-refractivity contribution < 1.29 is 4.74 Å². The number of nitrogens with zero attached hydrogens (tertiary/aromatic N) is 3. The Balaban J connectivity index is 1.98. The van der Waals surface area contributed by atoms with Gasteiger partial charge >= 0.3 is 0 Å². The molecule has 2 fully saturated rings. The van der Waals surface area contributed by atoms with E-state index in [1.165, 1.54) is 5.84 Å². The number of rotatable bonds is 3. The van der Waals surface area contributed by atoms with E-state index in [0.717, 1.165) is 39.3 Å². The molecule has 0 spiro atoms. The van der Waals surface area contributed by atoms with Crippen molar-refractivity contribution in [2.75, 3.05) is 26.4 Å². The van der Waals surface area contributed by atoms with Crippen LogP contribution in [-0.2, 0) is 4.74 Å². The van der Waals surface area contributed by atoms with Gasteiger partial charge in [-0.3, -0.25) is 9.89 Å². The van der Waals surface area contributed by atoms with Crippen LogP contribution in [0.4, 0.5) is 0 Å². The van der Waals surface area contributed by atoms with E-state index in [4.69, 9.17) is 9.73 Å². The van der Waals surface area contributed by atoms with Gasteiger partial charge in [-0.05, 0) is 16.9 Å². The number of hydrogen-bond donors (Lipinski definition) is 0. The lowest BCUT2D eigenvalue weighted by Crippen LogP contribution is -2.41. The minimum atomic E-state index is 0.175. The zero-order valence-corrected chi connectivity index (χ0v) is 15.7. The Morgan fingerprint density at radius 1 is 1.30 bits per heavy atom. The van der Waals surface area contributed by atoms with Crippen molar-refractivity contribution in [3.63, 3.8) is 0 Å². The molecule has 0 aromatic rings. The normalized spacial score (nSPS) is 29.5. The smallest absolute Gasteiger partial charge is 0.104 e. The molecule has 4 heteroatoms. The predicted molar refractivity (Wildman–Crippen MR) is 95.5 cm³/mol. The van der Waals surface area contributed by atoms with E-state index in [9.17, 15) is 0 Å². The Bertz CT molecular complexity index is 509. The SMILES string of the molecule is CCC1=N[C@@H](C(C)(C)C)C(C(C)C)=C2CC(N3CCOC3)CN12. The maximum absolute atomic E-state index is 5.59. The average molecular weight is 319 g/mol. The zero-order chi connectivity index (χ0) is 16.8. The van der Waals surface area contributed by atoms with Gasteiger partial charge in [0.25, 0.3) is 0 Å². The molecule has 3 aliphatic rings. The molecule has 0 aromatic heterocycles. The van der Waals surface area contributed by atoms with E-state index in [1.54, 1.807) is 11.3 Å². The first kappa shape index (κ1) is 17.0. The highest BCUT2D eigenvalue weighted by Crippen LogP contribution is 2.42. The first-order valence-electron chi connectivity index (χ1n) is 9.21. The molecular weight excluding hydrogens is 286 g/mol. The molecule has 23 heavy (non-hydrogen) atoms. The second-order valence-corrected chi connectivity index (χ2v) is 8.54. The molecule has 0 radical (unpaired) electrons. The summed E-state index contributed by atoms with van der Waals surface area (Å²) in [6.45, 7) is 17.7. The molecule has 0 amide bonds. The number of hydrogen-bond acceptors (Lipinski definition) is 4. The Labute approximate surface area is 141 Å². The Hall–Kier alpha value is -0.870. The summed E-state index contributed by atoms with van der Waals surface area (Å²) < 4.78 is 5.59. The van der Waals surface area contributed by atoms with Crippen LogP contribution < -0.4 is 0 Å². The molecule has 3 rings (SSSR count). The van der Waals surface area contributed by atoms with Crippen molar-refractivity contribution in [2.24, 2.45) is 16.3 Å². The summed E-state index contributed by atoms with van der Waals surface area (Å²) in [6, 6.07) is 0.897. The Morgan fingerprint density at radius 3 is 2.57 bits per heavy atom. The quantitative estimate of drug-likeness (QED) is 0.797. The van der Waals surface area contributed by atoms with Crippen LogP contribution in [0.1, 0.15) is 54.4 Å². The van der Waals surface area contributed by atoms with Crippen molar-refractivity contribution in [1.82, 2.24) is 9.80 Å². The van der Waals surface area contributed by atoms with Gasteiger partial charge < -0.3 is 9.64 Å². The van der Waals surface area contributed by atoms with Crippen molar-refractivity contribution >= 4 is 5.84 Å². The molecule has 3 aliphatic heterocycles. The summed E-state index contributed by atoms with van der Waals surface area (Å²) in [5, 5.41) is 0. The zero-order valence-electron chi connectivity index (χ0n) is 15.7. The topological polar surface area (TPSA) is 28.1 Å². The van der Waals surface area contributed by atoms with E-state index in [2.05, 4.69) is 51.3 Å². The fourth-order valence-electron chi connectivity index (χ4n) is 4.25. The molecule has 4 nitrogen and oxygen atoms in total. The third-order valence-electron chi connectivity index (χ3n) is 5.42. The molecule has 2 saturated heterocycles. The van der Waals surface area contributed by atoms with Crippen LogP contribution in [-0.4, -0.2) is 54.1 Å². The summed E-state index contributed by atoms with van der Waals surface area (Å²) in [4.78, 5) is 10.2. The highest BCUT2D eigenvalue weighted by Gasteiger charge is 2.42. The van der Waals surface area contributed by atoms with Gasteiger partial charge in [-0.2, -0.15) is 0 Å². The van der Waals surface area contributed by atoms with Crippen molar-refractivity contribution in [3.8, 4) is 0 Å². The van der Waals surface area contributed by atoms with Gasteiger partial charge in [0.05, 0.1) is 19.4 Å². The molecule has 1 unspecified atom stereocenters. The van der Waals surface area contributed by atoms with Gasteiger partial charge in [0, 0.05) is 37.7 Å². The standard InChI is InChI=1S/C19H33N3O/c1-7-16-20-18(19(4,5)6)17(13(2)3)15-10-14(11-22(15)16)21-8-9-23-12-21/h13-14,18H,7-12H2,1-6H3/t14?,18-/m1/s1. The van der Waals surface area contributed by atoms with Gasteiger partial charge in [-0.25, -0.2) is 0 Å². The van der Waals surface area contributed by atoms with Crippen molar-refractivity contribution in [2.45, 2.75) is 66.5 Å². The number of amidine groups is 1. The van der Waals surface area contributed by atoms with Crippen LogP contribution in [0.25, 0.3) is 0 Å². The summed E-state index contributed by atoms with van der Waals surface area (Å²) in [6.07, 6.45) is 2.17. The van der Waals surface area contributed by atoms with E-state index in [-0.39, 0.29) is 5.41 Å². The number of fused-ring (bicyclic) bond motifs is 1. The van der Waals surface area contributed by atoms with Crippen LogP contribution in [0.15, 0.2) is 16.3 Å². The summed E-state index contributed by atoms with van der Waals surface area (Å²) >= 11 is 0. The molecule has 3 heterocycles. The fraction of sp³-hybridized carbons (Fsp3) is 0.842. The van der Waals surface area contributed by atoms with E-state index in [0.29, 0.717) is 18.0 Å². The second kappa shape index (κ2) is 6.21. The van der Waals surface area contributed by atoms with Gasteiger partial charge in [0.2, 0.25) is 0 Å². The van der Waals surface area contributed by atoms with Gasteiger partial charge in [0.1, 0.15) is 5.84 Å². The van der Waals surface area contributed by atoms with Gasteiger partial charge in [0.15, 0.2) is 0 Å². The summed E-state index contributed by atoms with van der Waals surface area (Å²) in [5.41, 5.74) is 3.30. The predicted octanol–water partition coefficient (Wildman–Crippen LogP) is 3.50. The molecule has 0 aliphatic carbocycles.